The third kappa shape index (κ3) is 3.15. The first-order valence-electron chi connectivity index (χ1n) is 7.26. The largest absolute Gasteiger partial charge is 0.379 e. The van der Waals surface area contributed by atoms with E-state index in [2.05, 4.69) is 55.5 Å². The van der Waals surface area contributed by atoms with Crippen LogP contribution in [0.15, 0.2) is 24.3 Å². The molecule has 0 atom stereocenters. The van der Waals surface area contributed by atoms with Crippen molar-refractivity contribution in [2.45, 2.75) is 46.7 Å². The Labute approximate surface area is 126 Å². The molecule has 3 nitrogen and oxygen atoms in total. The summed E-state index contributed by atoms with van der Waals surface area (Å²) < 4.78 is 1.98. The van der Waals surface area contributed by atoms with E-state index in [0.29, 0.717) is 6.54 Å². The standard InChI is InChI=1S/C16H22ClN3/c1-4-12-8-7-9-13(10-12)18-11-15-16(17)14(5-2)19-20(15)6-3/h7-10,18H,4-6,11H2,1-3H3. The molecule has 2 aromatic rings. The topological polar surface area (TPSA) is 29.9 Å². The van der Waals surface area contributed by atoms with Gasteiger partial charge in [-0.25, -0.2) is 0 Å². The Hall–Kier alpha value is -1.48. The number of nitrogens with zero attached hydrogens (tertiary/aromatic N) is 2. The summed E-state index contributed by atoms with van der Waals surface area (Å²) in [5.41, 5.74) is 4.50. The molecule has 0 bridgehead atoms. The molecule has 20 heavy (non-hydrogen) atoms. The lowest BCUT2D eigenvalue weighted by atomic mass is 10.1. The summed E-state index contributed by atoms with van der Waals surface area (Å²) >= 11 is 6.41. The van der Waals surface area contributed by atoms with E-state index in [9.17, 15) is 0 Å². The van der Waals surface area contributed by atoms with Gasteiger partial charge < -0.3 is 5.32 Å². The highest BCUT2D eigenvalue weighted by molar-refractivity contribution is 6.31. The van der Waals surface area contributed by atoms with Crippen molar-refractivity contribution in [2.75, 3.05) is 5.32 Å². The number of benzene rings is 1. The van der Waals surface area contributed by atoms with Gasteiger partial charge in [-0.15, -0.1) is 0 Å². The molecule has 0 radical (unpaired) electrons. The van der Waals surface area contributed by atoms with Crippen LogP contribution in [0.4, 0.5) is 5.69 Å². The molecular weight excluding hydrogens is 270 g/mol. The summed E-state index contributed by atoms with van der Waals surface area (Å²) in [5.74, 6) is 0. The molecule has 0 amide bonds. The van der Waals surface area contributed by atoms with Crippen LogP contribution in [0.3, 0.4) is 0 Å². The monoisotopic (exact) mass is 291 g/mol. The van der Waals surface area contributed by atoms with Crippen LogP contribution in [-0.4, -0.2) is 9.78 Å². The number of hydrogen-bond acceptors (Lipinski definition) is 2. The SMILES string of the molecule is CCc1cccc(NCc2c(Cl)c(CC)nn2CC)c1. The third-order valence-corrected chi connectivity index (χ3v) is 3.93. The van der Waals surface area contributed by atoms with Crippen molar-refractivity contribution in [1.29, 1.82) is 0 Å². The van der Waals surface area contributed by atoms with Crippen molar-refractivity contribution in [3.05, 3.63) is 46.2 Å². The van der Waals surface area contributed by atoms with Crippen molar-refractivity contribution >= 4 is 17.3 Å². The van der Waals surface area contributed by atoms with Gasteiger partial charge in [-0.1, -0.05) is 37.6 Å². The van der Waals surface area contributed by atoms with Gasteiger partial charge in [0.25, 0.3) is 0 Å². The maximum absolute atomic E-state index is 6.41. The van der Waals surface area contributed by atoms with Crippen LogP contribution in [0.2, 0.25) is 5.02 Å². The molecule has 0 aliphatic rings. The summed E-state index contributed by atoms with van der Waals surface area (Å²) in [6.45, 7) is 7.87. The first-order chi connectivity index (χ1) is 9.69. The van der Waals surface area contributed by atoms with Crippen molar-refractivity contribution < 1.29 is 0 Å². The fourth-order valence-corrected chi connectivity index (χ4v) is 2.61. The molecule has 2 rings (SSSR count). The first kappa shape index (κ1) is 14.9. The highest BCUT2D eigenvalue weighted by Crippen LogP contribution is 2.23. The molecule has 108 valence electrons. The van der Waals surface area contributed by atoms with E-state index in [4.69, 9.17) is 11.6 Å². The molecule has 0 unspecified atom stereocenters. The van der Waals surface area contributed by atoms with E-state index >= 15 is 0 Å². The second-order valence-corrected chi connectivity index (χ2v) is 5.16. The third-order valence-electron chi connectivity index (χ3n) is 3.49. The van der Waals surface area contributed by atoms with E-state index < -0.39 is 0 Å². The lowest BCUT2D eigenvalue weighted by Crippen LogP contribution is -2.08. The number of aryl methyl sites for hydroxylation is 3. The average Bonchev–Trinajstić information content (AvgIpc) is 2.81. The number of anilines is 1. The minimum absolute atomic E-state index is 0.701. The molecule has 1 heterocycles. The van der Waals surface area contributed by atoms with E-state index in [0.717, 1.165) is 41.5 Å². The molecule has 0 spiro atoms. The summed E-state index contributed by atoms with van der Waals surface area (Å²) in [6.07, 6.45) is 1.91. The minimum atomic E-state index is 0.701. The molecule has 0 saturated carbocycles. The van der Waals surface area contributed by atoms with Crippen LogP contribution in [0.5, 0.6) is 0 Å². The van der Waals surface area contributed by atoms with Crippen LogP contribution < -0.4 is 5.32 Å². The van der Waals surface area contributed by atoms with E-state index in [-0.39, 0.29) is 0 Å². The van der Waals surface area contributed by atoms with Gasteiger partial charge in [-0.05, 0) is 37.5 Å². The molecule has 0 aliphatic carbocycles. The highest BCUT2D eigenvalue weighted by Gasteiger charge is 2.13. The molecule has 0 aliphatic heterocycles. The summed E-state index contributed by atoms with van der Waals surface area (Å²) in [7, 11) is 0. The summed E-state index contributed by atoms with van der Waals surface area (Å²) in [4.78, 5) is 0. The quantitative estimate of drug-likeness (QED) is 0.860. The van der Waals surface area contributed by atoms with Gasteiger partial charge in [0, 0.05) is 12.2 Å². The molecule has 1 aromatic carbocycles. The maximum atomic E-state index is 6.41. The lowest BCUT2D eigenvalue weighted by molar-refractivity contribution is 0.619. The fourth-order valence-electron chi connectivity index (χ4n) is 2.27. The number of aromatic nitrogens is 2. The smallest absolute Gasteiger partial charge is 0.0868 e. The molecule has 4 heteroatoms. The van der Waals surface area contributed by atoms with Crippen molar-refractivity contribution in [1.82, 2.24) is 9.78 Å². The van der Waals surface area contributed by atoms with Crippen molar-refractivity contribution in [3.8, 4) is 0 Å². The predicted octanol–water partition coefficient (Wildman–Crippen LogP) is 4.29. The lowest BCUT2D eigenvalue weighted by Gasteiger charge is -2.09. The maximum Gasteiger partial charge on any atom is 0.0868 e. The zero-order chi connectivity index (χ0) is 14.5. The van der Waals surface area contributed by atoms with Crippen LogP contribution in [-0.2, 0) is 25.9 Å². The van der Waals surface area contributed by atoms with E-state index in [1.807, 2.05) is 4.68 Å². The number of rotatable bonds is 6. The van der Waals surface area contributed by atoms with Gasteiger partial charge in [0.1, 0.15) is 0 Å². The molecular formula is C16H22ClN3. The Morgan fingerprint density at radius 2 is 2.00 bits per heavy atom. The second-order valence-electron chi connectivity index (χ2n) is 4.78. The van der Waals surface area contributed by atoms with Gasteiger partial charge in [-0.2, -0.15) is 5.10 Å². The van der Waals surface area contributed by atoms with Gasteiger partial charge >= 0.3 is 0 Å². The van der Waals surface area contributed by atoms with Gasteiger partial charge in [0.05, 0.1) is 23.0 Å². The molecule has 1 N–H and O–H groups in total. The highest BCUT2D eigenvalue weighted by atomic mass is 35.5. The molecule has 0 fully saturated rings. The van der Waals surface area contributed by atoms with Crippen LogP contribution in [0.25, 0.3) is 0 Å². The number of hydrogen-bond donors (Lipinski definition) is 1. The van der Waals surface area contributed by atoms with Crippen molar-refractivity contribution in [2.24, 2.45) is 0 Å². The normalized spacial score (nSPS) is 10.8. The summed E-state index contributed by atoms with van der Waals surface area (Å²) in [5, 5.41) is 8.78. The summed E-state index contributed by atoms with van der Waals surface area (Å²) in [6, 6.07) is 8.49. The van der Waals surface area contributed by atoms with Crippen LogP contribution >= 0.6 is 11.6 Å². The predicted molar refractivity (Wildman–Crippen MR) is 85.4 cm³/mol. The Balaban J connectivity index is 2.15. The van der Waals surface area contributed by atoms with Gasteiger partial charge in [0.2, 0.25) is 0 Å². The average molecular weight is 292 g/mol. The van der Waals surface area contributed by atoms with Crippen LogP contribution in [0.1, 0.15) is 37.7 Å². The van der Waals surface area contributed by atoms with Gasteiger partial charge in [0.15, 0.2) is 0 Å². The van der Waals surface area contributed by atoms with E-state index in [1.165, 1.54) is 5.56 Å². The first-order valence-corrected chi connectivity index (χ1v) is 7.64. The Morgan fingerprint density at radius 3 is 2.65 bits per heavy atom. The molecule has 1 aromatic heterocycles. The second kappa shape index (κ2) is 6.80. The van der Waals surface area contributed by atoms with Crippen LogP contribution in [0, 0.1) is 0 Å². The Kier molecular flexibility index (Phi) is 5.07. The van der Waals surface area contributed by atoms with Gasteiger partial charge in [-0.3, -0.25) is 4.68 Å². The van der Waals surface area contributed by atoms with Crippen molar-refractivity contribution in [3.63, 3.8) is 0 Å². The minimum Gasteiger partial charge on any atom is -0.379 e. The number of nitrogens with one attached hydrogen (secondary N) is 1. The molecule has 0 saturated heterocycles. The Morgan fingerprint density at radius 1 is 1.20 bits per heavy atom. The zero-order valence-electron chi connectivity index (χ0n) is 12.4. The zero-order valence-corrected chi connectivity index (χ0v) is 13.2. The number of halogens is 1. The fraction of sp³-hybridized carbons (Fsp3) is 0.438. The van der Waals surface area contributed by atoms with E-state index in [1.54, 1.807) is 0 Å². The Bertz CT molecular complexity index is 575.